The van der Waals surface area contributed by atoms with Gasteiger partial charge in [-0.05, 0) is 37.8 Å². The first kappa shape index (κ1) is 12.0. The Morgan fingerprint density at radius 1 is 1.36 bits per heavy atom. The Balaban J connectivity index is 2.59. The molecule has 0 spiro atoms. The number of likely N-dealkylation sites (tertiary alicyclic amines) is 1. The molecule has 84 valence electrons. The highest BCUT2D eigenvalue weighted by Gasteiger charge is 2.35. The van der Waals surface area contributed by atoms with Gasteiger partial charge in [0.05, 0.1) is 0 Å². The van der Waals surface area contributed by atoms with Crippen molar-refractivity contribution in [3.8, 4) is 0 Å². The quantitative estimate of drug-likeness (QED) is 0.666. The fourth-order valence-corrected chi connectivity index (χ4v) is 3.25. The third-order valence-corrected chi connectivity index (χ3v) is 4.03. The van der Waals surface area contributed by atoms with Crippen LogP contribution < -0.4 is 0 Å². The van der Waals surface area contributed by atoms with Crippen LogP contribution in [-0.2, 0) is 0 Å². The third kappa shape index (κ3) is 2.73. The molecule has 0 aromatic heterocycles. The zero-order chi connectivity index (χ0) is 10.6. The largest absolute Gasteiger partial charge is 0.306 e. The molecular weight excluding hydrogens is 170 g/mol. The molecule has 1 aliphatic rings. The lowest BCUT2D eigenvalue weighted by Gasteiger charge is -2.44. The molecule has 14 heavy (non-hydrogen) atoms. The highest BCUT2D eigenvalue weighted by atomic mass is 15.1. The van der Waals surface area contributed by atoms with Crippen LogP contribution in [0.2, 0.25) is 0 Å². The van der Waals surface area contributed by atoms with Crippen molar-refractivity contribution in [3.05, 3.63) is 0 Å². The molecule has 0 bridgehead atoms. The van der Waals surface area contributed by atoms with Gasteiger partial charge in [-0.3, -0.25) is 0 Å². The van der Waals surface area contributed by atoms with Crippen molar-refractivity contribution in [3.63, 3.8) is 0 Å². The van der Waals surface area contributed by atoms with Gasteiger partial charge in [0.2, 0.25) is 0 Å². The summed E-state index contributed by atoms with van der Waals surface area (Å²) >= 11 is 0. The first-order valence-electron chi connectivity index (χ1n) is 6.31. The van der Waals surface area contributed by atoms with Crippen LogP contribution in [0.5, 0.6) is 0 Å². The van der Waals surface area contributed by atoms with E-state index in [0.29, 0.717) is 5.41 Å². The van der Waals surface area contributed by atoms with Crippen LogP contribution in [0.25, 0.3) is 0 Å². The van der Waals surface area contributed by atoms with Crippen LogP contribution in [0.3, 0.4) is 0 Å². The fraction of sp³-hybridized carbons (Fsp3) is 1.00. The van der Waals surface area contributed by atoms with Crippen molar-refractivity contribution >= 4 is 0 Å². The molecule has 1 fully saturated rings. The van der Waals surface area contributed by atoms with Gasteiger partial charge in [-0.15, -0.1) is 0 Å². The predicted octanol–water partition coefficient (Wildman–Crippen LogP) is 3.54. The van der Waals surface area contributed by atoms with Gasteiger partial charge in [0.15, 0.2) is 0 Å². The molecule has 1 nitrogen and oxygen atoms in total. The van der Waals surface area contributed by atoms with E-state index in [4.69, 9.17) is 0 Å². The lowest BCUT2D eigenvalue weighted by molar-refractivity contribution is 0.0572. The summed E-state index contributed by atoms with van der Waals surface area (Å²) in [6.45, 7) is 9.80. The Hall–Kier alpha value is -0.0400. The number of piperidine rings is 1. The molecule has 1 rings (SSSR count). The highest BCUT2D eigenvalue weighted by Crippen LogP contribution is 2.40. The standard InChI is InChI=1S/C13H27N/c1-5-8-12(6-2)13(3)9-7-10-14(4)11-13/h12H,5-11H2,1-4H3. The first-order chi connectivity index (χ1) is 6.62. The lowest BCUT2D eigenvalue weighted by Crippen LogP contribution is -2.43. The van der Waals surface area contributed by atoms with E-state index in [0.717, 1.165) is 5.92 Å². The molecule has 1 aliphatic heterocycles. The smallest absolute Gasteiger partial charge is 0.00349 e. The van der Waals surface area contributed by atoms with Crippen LogP contribution in [0.4, 0.5) is 0 Å². The molecule has 2 unspecified atom stereocenters. The van der Waals surface area contributed by atoms with E-state index in [-0.39, 0.29) is 0 Å². The molecular formula is C13H27N. The molecule has 1 heteroatoms. The summed E-state index contributed by atoms with van der Waals surface area (Å²) in [5.74, 6) is 0.940. The Morgan fingerprint density at radius 2 is 2.07 bits per heavy atom. The van der Waals surface area contributed by atoms with Crippen LogP contribution in [0.15, 0.2) is 0 Å². The van der Waals surface area contributed by atoms with E-state index < -0.39 is 0 Å². The Bertz CT molecular complexity index is 167. The zero-order valence-corrected chi connectivity index (χ0v) is 10.5. The van der Waals surface area contributed by atoms with E-state index >= 15 is 0 Å². The molecule has 0 aliphatic carbocycles. The molecule has 0 N–H and O–H groups in total. The minimum atomic E-state index is 0.595. The molecule has 0 amide bonds. The number of nitrogens with zero attached hydrogens (tertiary/aromatic N) is 1. The minimum absolute atomic E-state index is 0.595. The van der Waals surface area contributed by atoms with Crippen molar-refractivity contribution in [2.75, 3.05) is 20.1 Å². The molecule has 0 aromatic rings. The maximum Gasteiger partial charge on any atom is 0.00349 e. The van der Waals surface area contributed by atoms with Gasteiger partial charge >= 0.3 is 0 Å². The Morgan fingerprint density at radius 3 is 2.57 bits per heavy atom. The molecule has 1 heterocycles. The van der Waals surface area contributed by atoms with E-state index in [1.165, 1.54) is 45.2 Å². The van der Waals surface area contributed by atoms with E-state index in [2.05, 4.69) is 32.7 Å². The average Bonchev–Trinajstić information content (AvgIpc) is 2.13. The van der Waals surface area contributed by atoms with Crippen LogP contribution >= 0.6 is 0 Å². The summed E-state index contributed by atoms with van der Waals surface area (Å²) in [7, 11) is 2.27. The van der Waals surface area contributed by atoms with Crippen molar-refractivity contribution < 1.29 is 0 Å². The monoisotopic (exact) mass is 197 g/mol. The second-order valence-corrected chi connectivity index (χ2v) is 5.39. The summed E-state index contributed by atoms with van der Waals surface area (Å²) in [4.78, 5) is 2.52. The normalized spacial score (nSPS) is 31.7. The summed E-state index contributed by atoms with van der Waals surface area (Å²) in [5.41, 5.74) is 0.595. The van der Waals surface area contributed by atoms with Crippen LogP contribution in [0.1, 0.15) is 52.9 Å². The summed E-state index contributed by atoms with van der Waals surface area (Å²) in [6, 6.07) is 0. The van der Waals surface area contributed by atoms with Crippen LogP contribution in [-0.4, -0.2) is 25.0 Å². The van der Waals surface area contributed by atoms with Gasteiger partial charge in [-0.25, -0.2) is 0 Å². The van der Waals surface area contributed by atoms with Gasteiger partial charge in [-0.1, -0.05) is 40.0 Å². The van der Waals surface area contributed by atoms with Crippen molar-refractivity contribution in [2.24, 2.45) is 11.3 Å². The van der Waals surface area contributed by atoms with Gasteiger partial charge in [0.1, 0.15) is 0 Å². The van der Waals surface area contributed by atoms with E-state index in [9.17, 15) is 0 Å². The molecule has 0 radical (unpaired) electrons. The zero-order valence-electron chi connectivity index (χ0n) is 10.5. The average molecular weight is 197 g/mol. The van der Waals surface area contributed by atoms with Crippen molar-refractivity contribution in [1.29, 1.82) is 0 Å². The summed E-state index contributed by atoms with van der Waals surface area (Å²) < 4.78 is 0. The number of hydrogen-bond donors (Lipinski definition) is 0. The molecule has 0 saturated carbocycles. The lowest BCUT2D eigenvalue weighted by atomic mass is 9.69. The highest BCUT2D eigenvalue weighted by molar-refractivity contribution is 4.87. The van der Waals surface area contributed by atoms with Crippen LogP contribution in [0, 0.1) is 11.3 Å². The van der Waals surface area contributed by atoms with Gasteiger partial charge in [0.25, 0.3) is 0 Å². The third-order valence-electron chi connectivity index (χ3n) is 4.03. The van der Waals surface area contributed by atoms with Gasteiger partial charge in [0, 0.05) is 6.54 Å². The summed E-state index contributed by atoms with van der Waals surface area (Å²) in [5, 5.41) is 0. The molecule has 2 atom stereocenters. The fourth-order valence-electron chi connectivity index (χ4n) is 3.25. The van der Waals surface area contributed by atoms with E-state index in [1.807, 2.05) is 0 Å². The van der Waals surface area contributed by atoms with Crippen molar-refractivity contribution in [2.45, 2.75) is 52.9 Å². The minimum Gasteiger partial charge on any atom is -0.306 e. The Kier molecular flexibility index (Phi) is 4.43. The molecule has 1 saturated heterocycles. The number of rotatable bonds is 4. The topological polar surface area (TPSA) is 3.24 Å². The SMILES string of the molecule is CCCC(CC)C1(C)CCCN(C)C1. The van der Waals surface area contributed by atoms with E-state index in [1.54, 1.807) is 0 Å². The maximum atomic E-state index is 2.52. The Labute approximate surface area is 89.9 Å². The van der Waals surface area contributed by atoms with Gasteiger partial charge in [-0.2, -0.15) is 0 Å². The second-order valence-electron chi connectivity index (χ2n) is 5.39. The predicted molar refractivity (Wildman–Crippen MR) is 63.5 cm³/mol. The van der Waals surface area contributed by atoms with Gasteiger partial charge < -0.3 is 4.90 Å². The van der Waals surface area contributed by atoms with Crippen molar-refractivity contribution in [1.82, 2.24) is 4.90 Å². The molecule has 0 aromatic carbocycles. The maximum absolute atomic E-state index is 2.52. The number of hydrogen-bond acceptors (Lipinski definition) is 1. The second kappa shape index (κ2) is 5.16. The summed E-state index contributed by atoms with van der Waals surface area (Å²) in [6.07, 6.45) is 6.96. The first-order valence-corrected chi connectivity index (χ1v) is 6.31.